The third-order valence-electron chi connectivity index (χ3n) is 4.21. The summed E-state index contributed by atoms with van der Waals surface area (Å²) in [5, 5.41) is 13.1. The number of hydrogen-bond acceptors (Lipinski definition) is 8. The molecule has 0 aromatic carbocycles. The van der Waals surface area contributed by atoms with Crippen LogP contribution in [0.5, 0.6) is 5.88 Å². The van der Waals surface area contributed by atoms with E-state index < -0.39 is 6.23 Å². The van der Waals surface area contributed by atoms with Gasteiger partial charge in [-0.25, -0.2) is 9.97 Å². The zero-order valence-electron chi connectivity index (χ0n) is 14.2. The topological polar surface area (TPSA) is 83.4 Å². The Balaban J connectivity index is 1.69. The van der Waals surface area contributed by atoms with E-state index >= 15 is 0 Å². The van der Waals surface area contributed by atoms with Gasteiger partial charge in [0.25, 0.3) is 0 Å². The van der Waals surface area contributed by atoms with Crippen molar-refractivity contribution in [2.75, 3.05) is 25.5 Å². The number of anilines is 1. The molecular formula is C16H23N5O2S. The molecule has 1 unspecified atom stereocenters. The van der Waals surface area contributed by atoms with Crippen molar-refractivity contribution >= 4 is 16.5 Å². The number of rotatable bonds is 5. The second-order valence-electron chi connectivity index (χ2n) is 5.91. The van der Waals surface area contributed by atoms with Gasteiger partial charge in [0.05, 0.1) is 24.7 Å². The minimum Gasteiger partial charge on any atom is -0.480 e. The van der Waals surface area contributed by atoms with Crippen LogP contribution in [-0.4, -0.2) is 51.4 Å². The number of aliphatic hydroxyl groups excluding tert-OH is 1. The van der Waals surface area contributed by atoms with Gasteiger partial charge in [-0.05, 0) is 13.8 Å². The summed E-state index contributed by atoms with van der Waals surface area (Å²) in [6.07, 6.45) is 4.72. The SMILES string of the molecule is COc1cnc2c(n1)CCN([C@H](C)c1cnc(NC(C)O)s1)CC2. The smallest absolute Gasteiger partial charge is 0.232 e. The number of aromatic nitrogens is 3. The van der Waals surface area contributed by atoms with Crippen molar-refractivity contribution in [3.8, 4) is 5.88 Å². The lowest BCUT2D eigenvalue weighted by atomic mass is 10.2. The Bertz CT molecular complexity index is 691. The molecule has 0 amide bonds. The third kappa shape index (κ3) is 3.82. The van der Waals surface area contributed by atoms with Gasteiger partial charge in [0.15, 0.2) is 5.13 Å². The maximum Gasteiger partial charge on any atom is 0.232 e. The van der Waals surface area contributed by atoms with E-state index in [0.29, 0.717) is 5.88 Å². The Morgan fingerprint density at radius 3 is 2.67 bits per heavy atom. The van der Waals surface area contributed by atoms with Crippen molar-refractivity contribution in [2.24, 2.45) is 0 Å². The van der Waals surface area contributed by atoms with Crippen LogP contribution in [0.25, 0.3) is 0 Å². The fourth-order valence-corrected chi connectivity index (χ4v) is 3.83. The predicted molar refractivity (Wildman–Crippen MR) is 93.4 cm³/mol. The maximum absolute atomic E-state index is 9.40. The molecule has 2 aromatic heterocycles. The Hall–Kier alpha value is -1.77. The average molecular weight is 349 g/mol. The van der Waals surface area contributed by atoms with Gasteiger partial charge in [-0.3, -0.25) is 9.88 Å². The summed E-state index contributed by atoms with van der Waals surface area (Å²) in [5.41, 5.74) is 2.09. The first-order valence-electron chi connectivity index (χ1n) is 8.10. The average Bonchev–Trinajstić information content (AvgIpc) is 2.91. The molecule has 130 valence electrons. The van der Waals surface area contributed by atoms with Gasteiger partial charge in [-0.2, -0.15) is 0 Å². The van der Waals surface area contributed by atoms with Gasteiger partial charge in [0, 0.05) is 43.0 Å². The molecule has 24 heavy (non-hydrogen) atoms. The van der Waals surface area contributed by atoms with E-state index in [4.69, 9.17) is 4.74 Å². The fraction of sp³-hybridized carbons (Fsp3) is 0.562. The summed E-state index contributed by atoms with van der Waals surface area (Å²) in [7, 11) is 1.62. The summed E-state index contributed by atoms with van der Waals surface area (Å²) in [5.74, 6) is 0.576. The number of nitrogens with zero attached hydrogens (tertiary/aromatic N) is 4. The molecule has 0 bridgehead atoms. The van der Waals surface area contributed by atoms with Crippen molar-refractivity contribution < 1.29 is 9.84 Å². The molecule has 2 aromatic rings. The van der Waals surface area contributed by atoms with Crippen LogP contribution in [0, 0.1) is 0 Å². The first-order chi connectivity index (χ1) is 11.6. The van der Waals surface area contributed by atoms with E-state index in [0.717, 1.165) is 42.5 Å². The van der Waals surface area contributed by atoms with Gasteiger partial charge >= 0.3 is 0 Å². The molecule has 3 heterocycles. The molecule has 3 rings (SSSR count). The molecule has 8 heteroatoms. The number of nitrogens with one attached hydrogen (secondary N) is 1. The number of fused-ring (bicyclic) bond motifs is 1. The maximum atomic E-state index is 9.40. The number of hydrogen-bond donors (Lipinski definition) is 2. The van der Waals surface area contributed by atoms with Crippen molar-refractivity contribution in [3.05, 3.63) is 28.7 Å². The summed E-state index contributed by atoms with van der Waals surface area (Å²) in [4.78, 5) is 17.0. The van der Waals surface area contributed by atoms with E-state index in [1.165, 1.54) is 4.88 Å². The fourth-order valence-electron chi connectivity index (χ4n) is 2.84. The molecule has 0 saturated heterocycles. The summed E-state index contributed by atoms with van der Waals surface area (Å²) in [6.45, 7) is 5.74. The third-order valence-corrected chi connectivity index (χ3v) is 5.30. The Morgan fingerprint density at radius 1 is 1.21 bits per heavy atom. The van der Waals surface area contributed by atoms with Crippen LogP contribution in [0.1, 0.15) is 36.2 Å². The van der Waals surface area contributed by atoms with Gasteiger partial charge in [-0.15, -0.1) is 11.3 Å². The van der Waals surface area contributed by atoms with Gasteiger partial charge in [0.2, 0.25) is 5.88 Å². The lowest BCUT2D eigenvalue weighted by Crippen LogP contribution is -2.29. The van der Waals surface area contributed by atoms with E-state index in [9.17, 15) is 5.11 Å². The minimum atomic E-state index is -0.598. The molecule has 2 N–H and O–H groups in total. The van der Waals surface area contributed by atoms with Crippen molar-refractivity contribution in [3.63, 3.8) is 0 Å². The largest absolute Gasteiger partial charge is 0.480 e. The Labute approximate surface area is 145 Å². The molecule has 1 aliphatic rings. The quantitative estimate of drug-likeness (QED) is 0.797. The van der Waals surface area contributed by atoms with Crippen LogP contribution >= 0.6 is 11.3 Å². The zero-order valence-corrected chi connectivity index (χ0v) is 15.0. The van der Waals surface area contributed by atoms with Gasteiger partial charge in [-0.1, -0.05) is 0 Å². The van der Waals surface area contributed by atoms with Gasteiger partial charge < -0.3 is 15.2 Å². The molecule has 0 spiro atoms. The molecule has 1 aliphatic heterocycles. The van der Waals surface area contributed by atoms with Crippen LogP contribution in [0.4, 0.5) is 5.13 Å². The molecular weight excluding hydrogens is 326 g/mol. The van der Waals surface area contributed by atoms with Crippen molar-refractivity contribution in [1.82, 2.24) is 19.9 Å². The highest BCUT2D eigenvalue weighted by Gasteiger charge is 2.23. The molecule has 7 nitrogen and oxygen atoms in total. The minimum absolute atomic E-state index is 0.267. The summed E-state index contributed by atoms with van der Waals surface area (Å²) >= 11 is 1.58. The Kier molecular flexibility index (Phi) is 5.27. The summed E-state index contributed by atoms with van der Waals surface area (Å²) in [6, 6.07) is 0.267. The van der Waals surface area contributed by atoms with Gasteiger partial charge in [0.1, 0.15) is 6.23 Å². The second-order valence-corrected chi connectivity index (χ2v) is 6.97. The highest BCUT2D eigenvalue weighted by Crippen LogP contribution is 2.30. The number of methoxy groups -OCH3 is 1. The first kappa shape index (κ1) is 17.1. The lowest BCUT2D eigenvalue weighted by Gasteiger charge is -2.26. The van der Waals surface area contributed by atoms with E-state index in [1.807, 2.05) is 6.20 Å². The second kappa shape index (κ2) is 7.42. The molecule has 0 saturated carbocycles. The van der Waals surface area contributed by atoms with Crippen LogP contribution < -0.4 is 10.1 Å². The Morgan fingerprint density at radius 2 is 1.96 bits per heavy atom. The molecule has 2 atom stereocenters. The van der Waals surface area contributed by atoms with E-state index in [1.54, 1.807) is 31.6 Å². The number of thiazole rings is 1. The highest BCUT2D eigenvalue weighted by molar-refractivity contribution is 7.15. The number of aliphatic hydroxyl groups is 1. The molecule has 0 fully saturated rings. The monoisotopic (exact) mass is 349 g/mol. The zero-order chi connectivity index (χ0) is 17.1. The lowest BCUT2D eigenvalue weighted by molar-refractivity contribution is 0.223. The van der Waals surface area contributed by atoms with Crippen LogP contribution in [0.3, 0.4) is 0 Å². The van der Waals surface area contributed by atoms with Crippen LogP contribution in [-0.2, 0) is 12.8 Å². The van der Waals surface area contributed by atoms with Crippen LogP contribution in [0.15, 0.2) is 12.4 Å². The summed E-state index contributed by atoms with van der Waals surface area (Å²) < 4.78 is 5.18. The standard InChI is InChI=1S/C16H23N5O2S/c1-10(14-8-18-16(24-14)19-11(2)22)21-6-4-12-13(5-7-21)20-15(23-3)9-17-12/h8-11,22H,4-7H2,1-3H3,(H,18,19)/t10-,11?/m1/s1. The highest BCUT2D eigenvalue weighted by atomic mass is 32.1. The molecule has 0 aliphatic carbocycles. The molecule has 0 radical (unpaired) electrons. The van der Waals surface area contributed by atoms with Crippen molar-refractivity contribution in [2.45, 2.75) is 39.0 Å². The predicted octanol–water partition coefficient (Wildman–Crippen LogP) is 1.85. The van der Waals surface area contributed by atoms with Crippen molar-refractivity contribution in [1.29, 1.82) is 0 Å². The van der Waals surface area contributed by atoms with E-state index in [-0.39, 0.29) is 6.04 Å². The first-order valence-corrected chi connectivity index (χ1v) is 8.91. The van der Waals surface area contributed by atoms with Crippen LogP contribution in [0.2, 0.25) is 0 Å². The number of ether oxygens (including phenoxy) is 1. The van der Waals surface area contributed by atoms with E-state index in [2.05, 4.69) is 32.1 Å². The normalized spacial score (nSPS) is 17.7.